The van der Waals surface area contributed by atoms with Crippen LogP contribution in [-0.2, 0) is 4.79 Å². The Balaban J connectivity index is 1.51. The molecule has 45 heavy (non-hydrogen) atoms. The maximum atomic E-state index is 15.1. The second kappa shape index (κ2) is 11.4. The molecule has 13 atom stereocenters. The molecule has 7 rings (SSSR count). The van der Waals surface area contributed by atoms with E-state index in [1.165, 1.54) is 0 Å². The van der Waals surface area contributed by atoms with Crippen LogP contribution < -0.4 is 0 Å². The SMILES string of the molecule is CCCCCC[C@]12CC[C@H](O)[C@@](C)([C@H](O)CO)[C@H]1CC[C@]1(C)[C@@H]2C(=O)C=C2[C@H]3C[C@@]4(C)CCC#C[C@@H](O)[C@@]3(CC4)[C@@H](O)C[C@]21C. The molecule has 7 aliphatic rings. The van der Waals surface area contributed by atoms with Crippen molar-refractivity contribution in [2.24, 2.45) is 50.2 Å². The number of aliphatic hydroxyl groups excluding tert-OH is 5. The van der Waals surface area contributed by atoms with Crippen molar-refractivity contribution < 1.29 is 30.3 Å². The van der Waals surface area contributed by atoms with Crippen molar-refractivity contribution in [1.82, 2.24) is 0 Å². The van der Waals surface area contributed by atoms with Gasteiger partial charge in [0.25, 0.3) is 0 Å². The average Bonchev–Trinajstić information content (AvgIpc) is 3.09. The van der Waals surface area contributed by atoms with Crippen molar-refractivity contribution in [3.63, 3.8) is 0 Å². The minimum absolute atomic E-state index is 0.0480. The fourth-order valence-electron chi connectivity index (χ4n) is 12.9. The van der Waals surface area contributed by atoms with Crippen LogP contribution in [0.25, 0.3) is 0 Å². The third kappa shape index (κ3) is 4.49. The van der Waals surface area contributed by atoms with Gasteiger partial charge in [-0.1, -0.05) is 71.8 Å². The summed E-state index contributed by atoms with van der Waals surface area (Å²) in [5.41, 5.74) is -1.77. The number of hydrogen-bond acceptors (Lipinski definition) is 6. The standard InChI is InChI=1S/C39H60O6/c1-6-7-8-10-16-38-18-14-29(42)37(5,32(45)24-40)28(38)13-17-35(3)33(38)27(41)21-25-26-22-34(2)15-11-9-12-30(43)39(26,20-19-34)31(44)23-36(25,35)4/h21,26,28-33,40,42-45H,6-8,10-11,13-20,22-24H2,1-5H3/t26-,28-,29+,30-,31+,32-,33+,34+,35-,36-,37+,38+,39+/m1/s1. The van der Waals surface area contributed by atoms with Gasteiger partial charge < -0.3 is 25.5 Å². The highest BCUT2D eigenvalue weighted by atomic mass is 16.3. The monoisotopic (exact) mass is 624 g/mol. The van der Waals surface area contributed by atoms with E-state index in [1.807, 2.05) is 13.0 Å². The zero-order valence-electron chi connectivity index (χ0n) is 28.6. The molecule has 6 nitrogen and oxygen atoms in total. The van der Waals surface area contributed by atoms with Crippen LogP contribution >= 0.6 is 0 Å². The maximum Gasteiger partial charge on any atom is 0.159 e. The molecule has 0 aromatic heterocycles. The molecule has 0 saturated heterocycles. The summed E-state index contributed by atoms with van der Waals surface area (Å²) in [5, 5.41) is 57.0. The Morgan fingerprint density at radius 3 is 2.40 bits per heavy atom. The first-order valence-corrected chi connectivity index (χ1v) is 18.3. The van der Waals surface area contributed by atoms with Gasteiger partial charge in [-0.2, -0.15) is 0 Å². The van der Waals surface area contributed by atoms with Crippen LogP contribution in [-0.4, -0.2) is 62.3 Å². The third-order valence-electron chi connectivity index (χ3n) is 15.8. The number of allylic oxidation sites excluding steroid dienone is 2. The van der Waals surface area contributed by atoms with Crippen molar-refractivity contribution >= 4 is 5.78 Å². The van der Waals surface area contributed by atoms with E-state index < -0.39 is 58.1 Å². The van der Waals surface area contributed by atoms with E-state index in [1.54, 1.807) is 0 Å². The van der Waals surface area contributed by atoms with Crippen molar-refractivity contribution in [2.45, 2.75) is 155 Å². The second-order valence-electron chi connectivity index (χ2n) is 17.6. The summed E-state index contributed by atoms with van der Waals surface area (Å²) in [6, 6.07) is 0. The number of unbranched alkanes of at least 4 members (excludes halogenated alkanes) is 3. The summed E-state index contributed by atoms with van der Waals surface area (Å²) in [5.74, 6) is 6.03. The van der Waals surface area contributed by atoms with Gasteiger partial charge in [-0.05, 0) is 104 Å². The molecular weight excluding hydrogens is 564 g/mol. The zero-order valence-corrected chi connectivity index (χ0v) is 28.6. The Hall–Kier alpha value is -1.23. The van der Waals surface area contributed by atoms with Crippen molar-refractivity contribution in [1.29, 1.82) is 0 Å². The minimum atomic E-state index is -1.06. The molecule has 1 spiro atoms. The van der Waals surface area contributed by atoms with Gasteiger partial charge in [-0.3, -0.25) is 4.79 Å². The van der Waals surface area contributed by atoms with Crippen LogP contribution in [0.3, 0.4) is 0 Å². The summed E-state index contributed by atoms with van der Waals surface area (Å²) in [6.45, 7) is 10.7. The Morgan fingerprint density at radius 2 is 1.69 bits per heavy atom. The lowest BCUT2D eigenvalue weighted by Crippen LogP contribution is -2.71. The molecule has 0 heterocycles. The van der Waals surface area contributed by atoms with Crippen LogP contribution in [0.2, 0.25) is 0 Å². The first-order chi connectivity index (χ1) is 21.2. The van der Waals surface area contributed by atoms with Gasteiger partial charge in [0.2, 0.25) is 0 Å². The Bertz CT molecular complexity index is 1260. The lowest BCUT2D eigenvalue weighted by atomic mass is 9.31. The molecule has 4 saturated carbocycles. The first kappa shape index (κ1) is 33.7. The fraction of sp³-hybridized carbons (Fsp3) is 0.872. The Kier molecular flexibility index (Phi) is 8.56. The molecule has 0 unspecified atom stereocenters. The summed E-state index contributed by atoms with van der Waals surface area (Å²) >= 11 is 0. The molecule has 5 N–H and O–H groups in total. The zero-order chi connectivity index (χ0) is 32.6. The molecular formula is C39H60O6. The molecule has 0 aromatic rings. The van der Waals surface area contributed by atoms with E-state index >= 15 is 4.79 Å². The number of fused-ring (bicyclic) bond motifs is 9. The first-order valence-electron chi connectivity index (χ1n) is 18.3. The number of hydrogen-bond donors (Lipinski definition) is 5. The molecule has 0 aromatic carbocycles. The predicted molar refractivity (Wildman–Crippen MR) is 175 cm³/mol. The highest BCUT2D eigenvalue weighted by Gasteiger charge is 2.74. The summed E-state index contributed by atoms with van der Waals surface area (Å²) in [6.07, 6.45) is 11.2. The van der Waals surface area contributed by atoms with Gasteiger partial charge in [0.15, 0.2) is 5.78 Å². The smallest absolute Gasteiger partial charge is 0.159 e. The molecule has 0 amide bonds. The van der Waals surface area contributed by atoms with Gasteiger partial charge in [0.1, 0.15) is 6.10 Å². The van der Waals surface area contributed by atoms with E-state index in [-0.39, 0.29) is 29.0 Å². The number of aliphatic hydroxyl groups is 5. The van der Waals surface area contributed by atoms with E-state index in [4.69, 9.17) is 0 Å². The quantitative estimate of drug-likeness (QED) is 0.183. The number of carbonyl (C=O) groups is 1. The Labute approximate surface area is 271 Å². The summed E-state index contributed by atoms with van der Waals surface area (Å²) in [4.78, 5) is 15.1. The summed E-state index contributed by atoms with van der Waals surface area (Å²) in [7, 11) is 0. The van der Waals surface area contributed by atoms with Gasteiger partial charge in [0, 0.05) is 23.2 Å². The summed E-state index contributed by atoms with van der Waals surface area (Å²) < 4.78 is 0. The number of rotatable bonds is 7. The lowest BCUT2D eigenvalue weighted by molar-refractivity contribution is -0.245. The molecule has 252 valence electrons. The van der Waals surface area contributed by atoms with Crippen LogP contribution in [0.15, 0.2) is 11.6 Å². The van der Waals surface area contributed by atoms with Crippen molar-refractivity contribution in [2.75, 3.05) is 6.61 Å². The average molecular weight is 625 g/mol. The van der Waals surface area contributed by atoms with Crippen LogP contribution in [0.4, 0.5) is 0 Å². The highest BCUT2D eigenvalue weighted by molar-refractivity contribution is 5.95. The normalized spacial score (nSPS) is 51.2. The predicted octanol–water partition coefficient (Wildman–Crippen LogP) is 5.72. The molecule has 0 radical (unpaired) electrons. The maximum absolute atomic E-state index is 15.1. The fourth-order valence-corrected chi connectivity index (χ4v) is 12.9. The minimum Gasteiger partial charge on any atom is -0.394 e. The van der Waals surface area contributed by atoms with E-state index in [9.17, 15) is 25.5 Å². The van der Waals surface area contributed by atoms with Crippen molar-refractivity contribution in [3.8, 4) is 11.8 Å². The number of carbonyl (C=O) groups excluding carboxylic acids is 1. The lowest BCUT2D eigenvalue weighted by Gasteiger charge is -2.72. The van der Waals surface area contributed by atoms with Crippen molar-refractivity contribution in [3.05, 3.63) is 11.6 Å². The number of ketones is 1. The highest BCUT2D eigenvalue weighted by Crippen LogP contribution is 2.76. The molecule has 2 bridgehead atoms. The van der Waals surface area contributed by atoms with Gasteiger partial charge >= 0.3 is 0 Å². The van der Waals surface area contributed by atoms with E-state index in [0.29, 0.717) is 19.3 Å². The van der Waals surface area contributed by atoms with Crippen LogP contribution in [0.1, 0.15) is 131 Å². The van der Waals surface area contributed by atoms with E-state index in [2.05, 4.69) is 39.5 Å². The van der Waals surface area contributed by atoms with Gasteiger partial charge in [-0.15, -0.1) is 5.92 Å². The molecule has 4 fully saturated rings. The topological polar surface area (TPSA) is 118 Å². The molecule has 6 heteroatoms. The second-order valence-corrected chi connectivity index (χ2v) is 17.6. The third-order valence-corrected chi connectivity index (χ3v) is 15.8. The van der Waals surface area contributed by atoms with Crippen LogP contribution in [0.5, 0.6) is 0 Å². The Morgan fingerprint density at radius 1 is 0.933 bits per heavy atom. The van der Waals surface area contributed by atoms with Gasteiger partial charge in [0.05, 0.1) is 24.9 Å². The van der Waals surface area contributed by atoms with E-state index in [0.717, 1.165) is 82.6 Å². The van der Waals surface area contributed by atoms with Crippen LogP contribution in [0, 0.1) is 62.1 Å². The van der Waals surface area contributed by atoms with Gasteiger partial charge in [-0.25, -0.2) is 0 Å². The molecule has 7 aliphatic carbocycles. The largest absolute Gasteiger partial charge is 0.394 e. The molecule has 0 aliphatic heterocycles.